The van der Waals surface area contributed by atoms with Crippen molar-refractivity contribution in [3.8, 4) is 0 Å². The lowest BCUT2D eigenvalue weighted by Crippen LogP contribution is -2.14. The van der Waals surface area contributed by atoms with Gasteiger partial charge >= 0.3 is 0 Å². The second-order valence-electron chi connectivity index (χ2n) is 5.06. The Hall–Kier alpha value is -1.30. The highest BCUT2D eigenvalue weighted by Gasteiger charge is 2.08. The average Bonchev–Trinajstić information content (AvgIpc) is 2.49. The Kier molecular flexibility index (Phi) is 6.06. The van der Waals surface area contributed by atoms with Gasteiger partial charge in [0.05, 0.1) is 12.4 Å². The third kappa shape index (κ3) is 4.60. The number of carbonyl (C=O) groups is 1. The van der Waals surface area contributed by atoms with E-state index in [0.29, 0.717) is 11.4 Å². The van der Waals surface area contributed by atoms with Crippen LogP contribution in [0.1, 0.15) is 16.7 Å². The number of benzene rings is 2. The zero-order chi connectivity index (χ0) is 16.1. The van der Waals surface area contributed by atoms with Gasteiger partial charge in [-0.25, -0.2) is 0 Å². The van der Waals surface area contributed by atoms with Crippen LogP contribution in [0.15, 0.2) is 45.8 Å². The van der Waals surface area contributed by atoms with Crippen LogP contribution in [0.25, 0.3) is 0 Å². The smallest absolute Gasteiger partial charge is 0.234 e. The van der Waals surface area contributed by atoms with Gasteiger partial charge in [-0.1, -0.05) is 28.1 Å². The highest BCUT2D eigenvalue weighted by molar-refractivity contribution is 9.10. The summed E-state index contributed by atoms with van der Waals surface area (Å²) in [6.45, 7) is 4.04. The van der Waals surface area contributed by atoms with Crippen LogP contribution >= 0.6 is 27.7 Å². The topological polar surface area (TPSA) is 49.3 Å². The van der Waals surface area contributed by atoms with E-state index < -0.39 is 0 Å². The molecule has 3 nitrogen and oxygen atoms in total. The predicted octanol–water partition coefficient (Wildman–Crippen LogP) is 4.29. The fraction of sp³-hybridized carbons (Fsp3) is 0.235. The first kappa shape index (κ1) is 17.1. The molecule has 0 fully saturated rings. The standard InChI is InChI=1S/C17H18BrNO2S/c1-11-7-16(12(2)6-15(11)18)22-10-17(21)19-14-5-3-4-13(8-14)9-20/h3-8,20H,9-10H2,1-2H3,(H,19,21). The van der Waals surface area contributed by atoms with Crippen LogP contribution in [-0.2, 0) is 11.4 Å². The highest BCUT2D eigenvalue weighted by atomic mass is 79.9. The van der Waals surface area contributed by atoms with Gasteiger partial charge in [-0.3, -0.25) is 4.79 Å². The van der Waals surface area contributed by atoms with E-state index in [1.165, 1.54) is 11.8 Å². The van der Waals surface area contributed by atoms with E-state index in [1.807, 2.05) is 32.0 Å². The number of thioether (sulfide) groups is 1. The first-order valence-corrected chi connectivity index (χ1v) is 8.66. The lowest BCUT2D eigenvalue weighted by molar-refractivity contribution is -0.113. The maximum Gasteiger partial charge on any atom is 0.234 e. The van der Waals surface area contributed by atoms with Crippen molar-refractivity contribution < 1.29 is 9.90 Å². The van der Waals surface area contributed by atoms with E-state index in [4.69, 9.17) is 5.11 Å². The zero-order valence-corrected chi connectivity index (χ0v) is 14.9. The summed E-state index contributed by atoms with van der Waals surface area (Å²) in [5.41, 5.74) is 3.80. The molecular weight excluding hydrogens is 362 g/mol. The molecule has 0 atom stereocenters. The van der Waals surface area contributed by atoms with Crippen molar-refractivity contribution in [3.63, 3.8) is 0 Å². The van der Waals surface area contributed by atoms with Gasteiger partial charge in [0.25, 0.3) is 0 Å². The van der Waals surface area contributed by atoms with Gasteiger partial charge in [-0.15, -0.1) is 11.8 Å². The Morgan fingerprint density at radius 3 is 2.73 bits per heavy atom. The Morgan fingerprint density at radius 2 is 2.00 bits per heavy atom. The maximum atomic E-state index is 12.0. The van der Waals surface area contributed by atoms with Gasteiger partial charge < -0.3 is 10.4 Å². The number of nitrogens with one attached hydrogen (secondary N) is 1. The number of halogens is 1. The quantitative estimate of drug-likeness (QED) is 0.761. The third-order valence-corrected chi connectivity index (χ3v) is 5.22. The van der Waals surface area contributed by atoms with E-state index in [1.54, 1.807) is 6.07 Å². The molecule has 5 heteroatoms. The van der Waals surface area contributed by atoms with Crippen LogP contribution in [0, 0.1) is 13.8 Å². The average molecular weight is 380 g/mol. The first-order chi connectivity index (χ1) is 10.5. The molecule has 116 valence electrons. The highest BCUT2D eigenvalue weighted by Crippen LogP contribution is 2.28. The van der Waals surface area contributed by atoms with Crippen LogP contribution in [0.4, 0.5) is 5.69 Å². The minimum atomic E-state index is -0.0555. The number of hydrogen-bond acceptors (Lipinski definition) is 3. The molecule has 0 bridgehead atoms. The lowest BCUT2D eigenvalue weighted by Gasteiger charge is -2.09. The molecule has 0 spiro atoms. The van der Waals surface area contributed by atoms with Gasteiger partial charge in [-0.2, -0.15) is 0 Å². The molecule has 0 aliphatic heterocycles. The van der Waals surface area contributed by atoms with E-state index in [9.17, 15) is 4.79 Å². The van der Waals surface area contributed by atoms with Crippen molar-refractivity contribution in [2.45, 2.75) is 25.3 Å². The predicted molar refractivity (Wildman–Crippen MR) is 95.3 cm³/mol. The number of aryl methyl sites for hydroxylation is 2. The van der Waals surface area contributed by atoms with E-state index in [0.717, 1.165) is 26.1 Å². The van der Waals surface area contributed by atoms with E-state index in [-0.39, 0.29) is 12.5 Å². The minimum Gasteiger partial charge on any atom is -0.392 e. The monoisotopic (exact) mass is 379 g/mol. The maximum absolute atomic E-state index is 12.0. The number of aliphatic hydroxyl groups is 1. The second-order valence-corrected chi connectivity index (χ2v) is 6.93. The van der Waals surface area contributed by atoms with Gasteiger partial charge in [0, 0.05) is 15.1 Å². The van der Waals surface area contributed by atoms with Crippen LogP contribution in [0.5, 0.6) is 0 Å². The molecule has 1 amide bonds. The van der Waals surface area contributed by atoms with Crippen LogP contribution in [0.3, 0.4) is 0 Å². The number of rotatable bonds is 5. The molecular formula is C17H18BrNO2S. The van der Waals surface area contributed by atoms with E-state index in [2.05, 4.69) is 33.4 Å². The molecule has 0 unspecified atom stereocenters. The summed E-state index contributed by atoms with van der Waals surface area (Å²) in [5.74, 6) is 0.297. The van der Waals surface area contributed by atoms with Crippen molar-refractivity contribution in [2.24, 2.45) is 0 Å². The Bertz CT molecular complexity index is 688. The molecule has 0 radical (unpaired) electrons. The summed E-state index contributed by atoms with van der Waals surface area (Å²) in [7, 11) is 0. The van der Waals surface area contributed by atoms with Crippen LogP contribution < -0.4 is 5.32 Å². The summed E-state index contributed by atoms with van der Waals surface area (Å²) in [6, 6.07) is 11.4. The summed E-state index contributed by atoms with van der Waals surface area (Å²) in [6.07, 6.45) is 0. The molecule has 2 rings (SSSR count). The molecule has 0 aromatic heterocycles. The fourth-order valence-corrected chi connectivity index (χ4v) is 3.36. The molecule has 0 saturated carbocycles. The van der Waals surface area contributed by atoms with Crippen LogP contribution in [0.2, 0.25) is 0 Å². The van der Waals surface area contributed by atoms with Gasteiger partial charge in [0.2, 0.25) is 5.91 Å². The van der Waals surface area contributed by atoms with Crippen molar-refractivity contribution >= 4 is 39.3 Å². The second kappa shape index (κ2) is 7.81. The number of hydrogen-bond donors (Lipinski definition) is 2. The molecule has 0 aliphatic carbocycles. The zero-order valence-electron chi connectivity index (χ0n) is 12.5. The molecule has 2 N–H and O–H groups in total. The van der Waals surface area contributed by atoms with Crippen molar-refractivity contribution in [1.29, 1.82) is 0 Å². The molecule has 22 heavy (non-hydrogen) atoms. The van der Waals surface area contributed by atoms with Crippen molar-refractivity contribution in [2.75, 3.05) is 11.1 Å². The summed E-state index contributed by atoms with van der Waals surface area (Å²) >= 11 is 5.03. The normalized spacial score (nSPS) is 10.5. The Balaban J connectivity index is 1.97. The van der Waals surface area contributed by atoms with Gasteiger partial charge in [0.15, 0.2) is 0 Å². The molecule has 2 aromatic carbocycles. The van der Waals surface area contributed by atoms with Gasteiger partial charge in [0.1, 0.15) is 0 Å². The Labute approximate surface area is 143 Å². The van der Waals surface area contributed by atoms with E-state index >= 15 is 0 Å². The molecule has 0 heterocycles. The van der Waals surface area contributed by atoms with Gasteiger partial charge in [-0.05, 0) is 54.8 Å². The third-order valence-electron chi connectivity index (χ3n) is 3.21. The lowest BCUT2D eigenvalue weighted by atomic mass is 10.2. The Morgan fingerprint density at radius 1 is 1.23 bits per heavy atom. The first-order valence-electron chi connectivity index (χ1n) is 6.89. The largest absolute Gasteiger partial charge is 0.392 e. The molecule has 0 saturated heterocycles. The SMILES string of the molecule is Cc1cc(SCC(=O)Nc2cccc(CO)c2)c(C)cc1Br. The molecule has 2 aromatic rings. The van der Waals surface area contributed by atoms with Crippen molar-refractivity contribution in [3.05, 3.63) is 57.6 Å². The summed E-state index contributed by atoms with van der Waals surface area (Å²) in [5, 5.41) is 12.0. The summed E-state index contributed by atoms with van der Waals surface area (Å²) in [4.78, 5) is 13.2. The number of aliphatic hydroxyl groups excluding tert-OH is 1. The number of amides is 1. The number of anilines is 1. The fourth-order valence-electron chi connectivity index (χ4n) is 2.00. The van der Waals surface area contributed by atoms with Crippen LogP contribution in [-0.4, -0.2) is 16.8 Å². The number of carbonyl (C=O) groups excluding carboxylic acids is 1. The van der Waals surface area contributed by atoms with Crippen molar-refractivity contribution in [1.82, 2.24) is 0 Å². The molecule has 0 aliphatic rings. The minimum absolute atomic E-state index is 0.0319. The summed E-state index contributed by atoms with van der Waals surface area (Å²) < 4.78 is 1.08.